The van der Waals surface area contributed by atoms with E-state index in [-0.39, 0.29) is 0 Å². The van der Waals surface area contributed by atoms with Gasteiger partial charge in [-0.1, -0.05) is 6.08 Å². The Kier molecular flexibility index (Phi) is 3.66. The van der Waals surface area contributed by atoms with Gasteiger partial charge in [0.05, 0.1) is 0 Å². The zero-order chi connectivity index (χ0) is 4.83. The van der Waals surface area contributed by atoms with Crippen molar-refractivity contribution in [3.05, 3.63) is 12.2 Å². The summed E-state index contributed by atoms with van der Waals surface area (Å²) in [7, 11) is 0. The highest BCUT2D eigenvalue weighted by atomic mass is 15.1. The second kappa shape index (κ2) is 4.21. The molecule has 0 amide bonds. The van der Waals surface area contributed by atoms with Crippen LogP contribution >= 0.6 is 0 Å². The van der Waals surface area contributed by atoms with Crippen molar-refractivity contribution in [2.75, 3.05) is 0 Å². The zero-order valence-electron chi connectivity index (χ0n) is 3.76. The lowest BCUT2D eigenvalue weighted by Crippen LogP contribution is -1.76. The van der Waals surface area contributed by atoms with Crippen molar-refractivity contribution in [1.29, 1.82) is 0 Å². The van der Waals surface area contributed by atoms with E-state index in [0.717, 1.165) is 0 Å². The van der Waals surface area contributed by atoms with Crippen LogP contribution in [0.25, 0.3) is 0 Å². The summed E-state index contributed by atoms with van der Waals surface area (Å²) in [6.45, 7) is 1.90. The maximum absolute atomic E-state index is 4.73. The normalized spacial score (nSPS) is 11.5. The summed E-state index contributed by atoms with van der Waals surface area (Å²) in [5.74, 6) is 4.73. The van der Waals surface area contributed by atoms with Gasteiger partial charge in [0.25, 0.3) is 0 Å². The molecule has 0 aromatic carbocycles. The topological polar surface area (TPSA) is 38.4 Å². The van der Waals surface area contributed by atoms with Crippen LogP contribution in [0.1, 0.15) is 6.92 Å². The standard InChI is InChI=1S/C4H8N2/c1-2-3-4-6-5/h2-4H,5H2,1H3/b3-2-,6-4-. The van der Waals surface area contributed by atoms with E-state index in [2.05, 4.69) is 5.10 Å². The minimum atomic E-state index is 1.53. The first-order valence-corrected chi connectivity index (χ1v) is 1.76. The lowest BCUT2D eigenvalue weighted by molar-refractivity contribution is 1.27. The van der Waals surface area contributed by atoms with Gasteiger partial charge in [0.2, 0.25) is 0 Å². The van der Waals surface area contributed by atoms with Crippen molar-refractivity contribution in [2.24, 2.45) is 10.9 Å². The molecule has 2 N–H and O–H groups in total. The molecule has 0 aliphatic heterocycles. The van der Waals surface area contributed by atoms with E-state index in [0.29, 0.717) is 0 Å². The molecular formula is C4H8N2. The van der Waals surface area contributed by atoms with Crippen LogP contribution in [0, 0.1) is 0 Å². The SMILES string of the molecule is C/C=C\C=N/N. The van der Waals surface area contributed by atoms with Crippen LogP contribution in [0.4, 0.5) is 0 Å². The maximum Gasteiger partial charge on any atom is 0.0462 e. The molecule has 0 aliphatic rings. The third-order valence-corrected chi connectivity index (χ3v) is 0.365. The smallest absolute Gasteiger partial charge is 0.0462 e. The maximum atomic E-state index is 4.73. The fourth-order valence-corrected chi connectivity index (χ4v) is 0.136. The largest absolute Gasteiger partial charge is 0.323 e. The molecule has 2 nitrogen and oxygen atoms in total. The summed E-state index contributed by atoms with van der Waals surface area (Å²) in [6.07, 6.45) is 5.15. The summed E-state index contributed by atoms with van der Waals surface area (Å²) >= 11 is 0. The molecule has 34 valence electrons. The summed E-state index contributed by atoms with van der Waals surface area (Å²) < 4.78 is 0. The molecule has 0 saturated heterocycles. The minimum Gasteiger partial charge on any atom is -0.323 e. The molecule has 0 aromatic rings. The average Bonchev–Trinajstić information content (AvgIpc) is 1.61. The molecule has 0 unspecified atom stereocenters. The highest BCUT2D eigenvalue weighted by molar-refractivity contribution is 5.70. The van der Waals surface area contributed by atoms with Crippen molar-refractivity contribution in [2.45, 2.75) is 6.92 Å². The Balaban J connectivity index is 3.07. The first-order valence-electron chi connectivity index (χ1n) is 1.76. The van der Waals surface area contributed by atoms with Crippen LogP contribution in [0.15, 0.2) is 17.3 Å². The van der Waals surface area contributed by atoms with Gasteiger partial charge in [0.15, 0.2) is 0 Å². The van der Waals surface area contributed by atoms with Crippen LogP contribution in [0.2, 0.25) is 0 Å². The molecule has 0 fully saturated rings. The summed E-state index contributed by atoms with van der Waals surface area (Å²) in [5.41, 5.74) is 0. The number of nitrogens with zero attached hydrogens (tertiary/aromatic N) is 1. The van der Waals surface area contributed by atoms with Gasteiger partial charge >= 0.3 is 0 Å². The fraction of sp³-hybridized carbons (Fsp3) is 0.250. The zero-order valence-corrected chi connectivity index (χ0v) is 3.76. The van der Waals surface area contributed by atoms with Crippen molar-refractivity contribution in [3.8, 4) is 0 Å². The Labute approximate surface area is 37.3 Å². The minimum absolute atomic E-state index is 1.53. The highest BCUT2D eigenvalue weighted by Gasteiger charge is 1.49. The summed E-state index contributed by atoms with van der Waals surface area (Å²) in [5, 5.41) is 3.21. The van der Waals surface area contributed by atoms with Crippen LogP contribution < -0.4 is 5.84 Å². The van der Waals surface area contributed by atoms with Crippen molar-refractivity contribution in [3.63, 3.8) is 0 Å². The highest BCUT2D eigenvalue weighted by Crippen LogP contribution is 1.58. The molecule has 0 atom stereocenters. The van der Waals surface area contributed by atoms with E-state index in [1.807, 2.05) is 13.0 Å². The van der Waals surface area contributed by atoms with E-state index in [4.69, 9.17) is 5.84 Å². The molecule has 0 spiro atoms. The van der Waals surface area contributed by atoms with Crippen LogP contribution in [0.3, 0.4) is 0 Å². The van der Waals surface area contributed by atoms with Crippen molar-refractivity contribution >= 4 is 6.21 Å². The number of rotatable bonds is 1. The first kappa shape index (κ1) is 5.21. The number of allylic oxidation sites excluding steroid dienone is 2. The monoisotopic (exact) mass is 84.1 g/mol. The number of hydrazone groups is 1. The quantitative estimate of drug-likeness (QED) is 0.280. The van der Waals surface area contributed by atoms with Crippen molar-refractivity contribution in [1.82, 2.24) is 0 Å². The third kappa shape index (κ3) is 3.21. The Bertz CT molecular complexity index is 53.9. The molecular weight excluding hydrogens is 76.1 g/mol. The van der Waals surface area contributed by atoms with Gasteiger partial charge in [-0.05, 0) is 13.0 Å². The van der Waals surface area contributed by atoms with Crippen LogP contribution in [0.5, 0.6) is 0 Å². The van der Waals surface area contributed by atoms with E-state index in [9.17, 15) is 0 Å². The molecule has 0 aromatic heterocycles. The predicted molar refractivity (Wildman–Crippen MR) is 27.5 cm³/mol. The lowest BCUT2D eigenvalue weighted by atomic mass is 10.6. The summed E-state index contributed by atoms with van der Waals surface area (Å²) in [4.78, 5) is 0. The van der Waals surface area contributed by atoms with E-state index < -0.39 is 0 Å². The predicted octanol–water partition coefficient (Wildman–Crippen LogP) is 0.507. The van der Waals surface area contributed by atoms with Gasteiger partial charge in [-0.25, -0.2) is 0 Å². The Morgan fingerprint density at radius 3 is 2.50 bits per heavy atom. The van der Waals surface area contributed by atoms with Crippen molar-refractivity contribution < 1.29 is 0 Å². The fourth-order valence-electron chi connectivity index (χ4n) is 0.136. The molecule has 0 heterocycles. The number of nitrogens with two attached hydrogens (primary N) is 1. The molecule has 0 aliphatic carbocycles. The van der Waals surface area contributed by atoms with Gasteiger partial charge < -0.3 is 5.84 Å². The Hall–Kier alpha value is -0.790. The molecule has 6 heavy (non-hydrogen) atoms. The molecule has 0 bridgehead atoms. The molecule has 0 radical (unpaired) electrons. The molecule has 0 rings (SSSR count). The second-order valence-electron chi connectivity index (χ2n) is 0.824. The van der Waals surface area contributed by atoms with Gasteiger partial charge in [0, 0.05) is 6.21 Å². The van der Waals surface area contributed by atoms with Gasteiger partial charge in [-0.3, -0.25) is 0 Å². The Morgan fingerprint density at radius 2 is 2.33 bits per heavy atom. The van der Waals surface area contributed by atoms with Gasteiger partial charge in [-0.2, -0.15) is 5.10 Å². The average molecular weight is 84.1 g/mol. The van der Waals surface area contributed by atoms with E-state index in [1.54, 1.807) is 6.08 Å². The lowest BCUT2D eigenvalue weighted by Gasteiger charge is -1.64. The second-order valence-corrected chi connectivity index (χ2v) is 0.824. The number of hydrogen-bond acceptors (Lipinski definition) is 2. The molecule has 0 saturated carbocycles. The van der Waals surface area contributed by atoms with E-state index >= 15 is 0 Å². The van der Waals surface area contributed by atoms with Gasteiger partial charge in [-0.15, -0.1) is 0 Å². The Morgan fingerprint density at radius 1 is 1.67 bits per heavy atom. The first-order chi connectivity index (χ1) is 2.91. The van der Waals surface area contributed by atoms with Crippen LogP contribution in [-0.2, 0) is 0 Å². The molecule has 2 heteroatoms. The third-order valence-electron chi connectivity index (χ3n) is 0.365. The summed E-state index contributed by atoms with van der Waals surface area (Å²) in [6, 6.07) is 0. The van der Waals surface area contributed by atoms with Gasteiger partial charge in [0.1, 0.15) is 0 Å². The van der Waals surface area contributed by atoms with E-state index in [1.165, 1.54) is 6.21 Å². The number of hydrogen-bond donors (Lipinski definition) is 1. The van der Waals surface area contributed by atoms with Crippen LogP contribution in [-0.4, -0.2) is 6.21 Å².